The predicted molar refractivity (Wildman–Crippen MR) is 115 cm³/mol. The molecule has 6 nitrogen and oxygen atoms in total. The van der Waals surface area contributed by atoms with Crippen LogP contribution < -0.4 is 10.6 Å². The molecule has 3 rings (SSSR count). The first kappa shape index (κ1) is 20.2. The minimum atomic E-state index is -0.366. The Hall–Kier alpha value is -3.54. The molecule has 29 heavy (non-hydrogen) atoms. The van der Waals surface area contributed by atoms with Gasteiger partial charge in [0.2, 0.25) is 5.95 Å². The first-order valence-corrected chi connectivity index (χ1v) is 9.47. The summed E-state index contributed by atoms with van der Waals surface area (Å²) in [7, 11) is 0. The second-order valence-corrected chi connectivity index (χ2v) is 7.21. The average Bonchev–Trinajstić information content (AvgIpc) is 2.68. The van der Waals surface area contributed by atoms with Crippen molar-refractivity contribution in [3.63, 3.8) is 0 Å². The predicted octanol–water partition coefficient (Wildman–Crippen LogP) is 5.11. The molecule has 1 aromatic heterocycles. The van der Waals surface area contributed by atoms with Crippen molar-refractivity contribution in [3.05, 3.63) is 77.1 Å². The number of rotatable bonds is 6. The van der Waals surface area contributed by atoms with E-state index in [1.807, 2.05) is 19.1 Å². The summed E-state index contributed by atoms with van der Waals surface area (Å²) in [6.45, 7) is 7.58. The number of anilines is 3. The number of aryl methyl sites for hydroxylation is 1. The standard InChI is InChI=1S/C23H24N4O2/c1-14(2)17-8-10-19(11-9-17)26-23-24-15(3)12-21(27-23)22(29)25-20-7-5-6-18(13-20)16(4)28/h5-14H,1-4H3,(H,25,29)(H,24,26,27). The van der Waals surface area contributed by atoms with E-state index >= 15 is 0 Å². The molecule has 0 spiro atoms. The number of aromatic nitrogens is 2. The lowest BCUT2D eigenvalue weighted by Gasteiger charge is -2.10. The highest BCUT2D eigenvalue weighted by Gasteiger charge is 2.12. The number of amides is 1. The number of nitrogens with zero attached hydrogens (tertiary/aromatic N) is 2. The molecule has 0 radical (unpaired) electrons. The fourth-order valence-corrected chi connectivity index (χ4v) is 2.83. The lowest BCUT2D eigenvalue weighted by Crippen LogP contribution is -2.15. The van der Waals surface area contributed by atoms with Crippen LogP contribution in [0.5, 0.6) is 0 Å². The molecule has 0 aliphatic heterocycles. The summed E-state index contributed by atoms with van der Waals surface area (Å²) in [5.74, 6) is 0.379. The van der Waals surface area contributed by atoms with Crippen molar-refractivity contribution < 1.29 is 9.59 Å². The summed E-state index contributed by atoms with van der Waals surface area (Å²) in [6, 6.07) is 16.5. The highest BCUT2D eigenvalue weighted by atomic mass is 16.2. The van der Waals surface area contributed by atoms with Crippen LogP contribution in [0, 0.1) is 6.92 Å². The molecule has 2 aromatic carbocycles. The van der Waals surface area contributed by atoms with Crippen LogP contribution in [0.1, 0.15) is 58.8 Å². The molecule has 6 heteroatoms. The highest BCUT2D eigenvalue weighted by molar-refractivity contribution is 6.04. The third-order valence-electron chi connectivity index (χ3n) is 4.45. The van der Waals surface area contributed by atoms with E-state index in [2.05, 4.69) is 46.6 Å². The van der Waals surface area contributed by atoms with Gasteiger partial charge in [0.05, 0.1) is 0 Å². The van der Waals surface area contributed by atoms with E-state index in [0.717, 1.165) is 5.69 Å². The Kier molecular flexibility index (Phi) is 6.02. The Balaban J connectivity index is 1.78. The Bertz CT molecular complexity index is 1040. The minimum absolute atomic E-state index is 0.0612. The molecule has 0 unspecified atom stereocenters. The lowest BCUT2D eigenvalue weighted by atomic mass is 10.0. The van der Waals surface area contributed by atoms with Gasteiger partial charge in [-0.25, -0.2) is 9.97 Å². The summed E-state index contributed by atoms with van der Waals surface area (Å²) in [4.78, 5) is 32.9. The zero-order valence-electron chi connectivity index (χ0n) is 17.0. The third-order valence-corrected chi connectivity index (χ3v) is 4.45. The van der Waals surface area contributed by atoms with Gasteiger partial charge in [-0.3, -0.25) is 9.59 Å². The minimum Gasteiger partial charge on any atom is -0.324 e. The molecule has 3 aromatic rings. The maximum atomic E-state index is 12.7. The number of Topliss-reactive ketones (excluding diaryl/α,β-unsaturated/α-hetero) is 1. The zero-order valence-corrected chi connectivity index (χ0v) is 17.0. The van der Waals surface area contributed by atoms with Gasteiger partial charge in [-0.05, 0) is 55.7 Å². The summed E-state index contributed by atoms with van der Waals surface area (Å²) in [5.41, 5.74) is 4.08. The van der Waals surface area contributed by atoms with Crippen LogP contribution >= 0.6 is 0 Å². The number of carbonyl (C=O) groups excluding carboxylic acids is 2. The van der Waals surface area contributed by atoms with Gasteiger partial charge in [-0.1, -0.05) is 38.1 Å². The number of hydrogen-bond acceptors (Lipinski definition) is 5. The van der Waals surface area contributed by atoms with E-state index in [-0.39, 0.29) is 17.4 Å². The van der Waals surface area contributed by atoms with Crippen LogP contribution in [0.4, 0.5) is 17.3 Å². The molecule has 1 heterocycles. The van der Waals surface area contributed by atoms with Crippen LogP contribution in [0.15, 0.2) is 54.6 Å². The van der Waals surface area contributed by atoms with E-state index in [4.69, 9.17) is 0 Å². The van der Waals surface area contributed by atoms with Crippen LogP contribution in [0.3, 0.4) is 0 Å². The quantitative estimate of drug-likeness (QED) is 0.574. The summed E-state index contributed by atoms with van der Waals surface area (Å²) < 4.78 is 0. The largest absolute Gasteiger partial charge is 0.324 e. The van der Waals surface area contributed by atoms with Crippen LogP contribution in [-0.4, -0.2) is 21.7 Å². The Labute approximate surface area is 170 Å². The molecule has 0 aliphatic carbocycles. The molecule has 0 saturated heterocycles. The fraction of sp³-hybridized carbons (Fsp3) is 0.217. The van der Waals surface area contributed by atoms with Crippen molar-refractivity contribution in [1.82, 2.24) is 9.97 Å². The topological polar surface area (TPSA) is 84.0 Å². The molecule has 2 N–H and O–H groups in total. The first-order valence-electron chi connectivity index (χ1n) is 9.47. The molecule has 0 bridgehead atoms. The van der Waals surface area contributed by atoms with E-state index < -0.39 is 0 Å². The monoisotopic (exact) mass is 388 g/mol. The lowest BCUT2D eigenvalue weighted by molar-refractivity contribution is 0.100. The number of benzene rings is 2. The molecule has 0 atom stereocenters. The number of hydrogen-bond donors (Lipinski definition) is 2. The van der Waals surface area contributed by atoms with Crippen molar-refractivity contribution in [2.75, 3.05) is 10.6 Å². The molecule has 0 saturated carbocycles. The Morgan fingerprint density at radius 2 is 1.66 bits per heavy atom. The fourth-order valence-electron chi connectivity index (χ4n) is 2.83. The highest BCUT2D eigenvalue weighted by Crippen LogP contribution is 2.20. The van der Waals surface area contributed by atoms with Crippen molar-refractivity contribution in [3.8, 4) is 0 Å². The Morgan fingerprint density at radius 1 is 0.931 bits per heavy atom. The van der Waals surface area contributed by atoms with Crippen molar-refractivity contribution in [2.45, 2.75) is 33.6 Å². The van der Waals surface area contributed by atoms with Gasteiger partial charge in [0.15, 0.2) is 5.78 Å². The van der Waals surface area contributed by atoms with Crippen molar-refractivity contribution in [2.24, 2.45) is 0 Å². The molecule has 1 amide bonds. The van der Waals surface area contributed by atoms with Gasteiger partial charge in [0, 0.05) is 22.6 Å². The SMILES string of the molecule is CC(=O)c1cccc(NC(=O)c2cc(C)nc(Nc3ccc(C(C)C)cc3)n2)c1. The zero-order chi connectivity index (χ0) is 21.0. The van der Waals surface area contributed by atoms with Crippen LogP contribution in [0.2, 0.25) is 0 Å². The molecule has 0 fully saturated rings. The maximum Gasteiger partial charge on any atom is 0.274 e. The summed E-state index contributed by atoms with van der Waals surface area (Å²) in [5, 5.41) is 5.93. The molecule has 0 aliphatic rings. The van der Waals surface area contributed by atoms with Gasteiger partial charge in [0.1, 0.15) is 5.69 Å². The number of nitrogens with one attached hydrogen (secondary N) is 2. The van der Waals surface area contributed by atoms with Gasteiger partial charge in [-0.15, -0.1) is 0 Å². The van der Waals surface area contributed by atoms with E-state index in [9.17, 15) is 9.59 Å². The molecular formula is C23H24N4O2. The third kappa shape index (κ3) is 5.25. The van der Waals surface area contributed by atoms with E-state index in [1.165, 1.54) is 12.5 Å². The van der Waals surface area contributed by atoms with E-state index in [1.54, 1.807) is 30.3 Å². The van der Waals surface area contributed by atoms with Crippen LogP contribution in [0.25, 0.3) is 0 Å². The molecular weight excluding hydrogens is 364 g/mol. The van der Waals surface area contributed by atoms with Crippen molar-refractivity contribution in [1.29, 1.82) is 0 Å². The van der Waals surface area contributed by atoms with Gasteiger partial charge >= 0.3 is 0 Å². The second kappa shape index (κ2) is 8.65. The van der Waals surface area contributed by atoms with Gasteiger partial charge in [0.25, 0.3) is 5.91 Å². The van der Waals surface area contributed by atoms with Gasteiger partial charge in [-0.2, -0.15) is 0 Å². The van der Waals surface area contributed by atoms with E-state index in [0.29, 0.717) is 28.8 Å². The van der Waals surface area contributed by atoms with Crippen molar-refractivity contribution >= 4 is 29.0 Å². The van der Waals surface area contributed by atoms with Crippen LogP contribution in [-0.2, 0) is 0 Å². The smallest absolute Gasteiger partial charge is 0.274 e. The molecule has 148 valence electrons. The number of carbonyl (C=O) groups is 2. The normalized spacial score (nSPS) is 10.7. The maximum absolute atomic E-state index is 12.7. The second-order valence-electron chi connectivity index (χ2n) is 7.21. The first-order chi connectivity index (χ1) is 13.8. The summed E-state index contributed by atoms with van der Waals surface area (Å²) >= 11 is 0. The van der Waals surface area contributed by atoms with Gasteiger partial charge < -0.3 is 10.6 Å². The Morgan fingerprint density at radius 3 is 2.31 bits per heavy atom. The average molecular weight is 388 g/mol. The summed E-state index contributed by atoms with van der Waals surface area (Å²) in [6.07, 6.45) is 0. The number of ketones is 1.